The van der Waals surface area contributed by atoms with Crippen molar-refractivity contribution >= 4 is 0 Å². The van der Waals surface area contributed by atoms with Crippen molar-refractivity contribution in [2.45, 2.75) is 57.5 Å². The van der Waals surface area contributed by atoms with Gasteiger partial charge in [0.1, 0.15) is 0 Å². The average molecular weight is 211 g/mol. The molecular weight excluding hydrogens is 186 g/mol. The Morgan fingerprint density at radius 3 is 2.27 bits per heavy atom. The molecule has 0 amide bonds. The van der Waals surface area contributed by atoms with Crippen molar-refractivity contribution in [2.24, 2.45) is 0 Å². The summed E-state index contributed by atoms with van der Waals surface area (Å²) in [7, 11) is 0. The van der Waals surface area contributed by atoms with E-state index in [0.717, 1.165) is 6.61 Å². The molecule has 0 spiro atoms. The number of rotatable bonds is 4. The summed E-state index contributed by atoms with van der Waals surface area (Å²) in [6, 6.07) is 0. The first kappa shape index (κ1) is 11.4. The van der Waals surface area contributed by atoms with Crippen molar-refractivity contribution in [1.82, 2.24) is 4.90 Å². The molecule has 2 aliphatic rings. The second kappa shape index (κ2) is 5.31. The second-order valence-corrected chi connectivity index (χ2v) is 5.16. The van der Waals surface area contributed by atoms with Crippen LogP contribution in [0, 0.1) is 0 Å². The van der Waals surface area contributed by atoms with Crippen molar-refractivity contribution in [3.8, 4) is 0 Å². The molecule has 15 heavy (non-hydrogen) atoms. The highest BCUT2D eigenvalue weighted by Crippen LogP contribution is 2.33. The van der Waals surface area contributed by atoms with Gasteiger partial charge in [-0.15, -0.1) is 0 Å². The molecular formula is C13H25NO. The van der Waals surface area contributed by atoms with E-state index in [9.17, 15) is 0 Å². The molecule has 88 valence electrons. The minimum Gasteiger partial charge on any atom is -0.374 e. The topological polar surface area (TPSA) is 12.5 Å². The van der Waals surface area contributed by atoms with E-state index < -0.39 is 0 Å². The molecule has 1 saturated heterocycles. The van der Waals surface area contributed by atoms with Gasteiger partial charge < -0.3 is 9.64 Å². The largest absolute Gasteiger partial charge is 0.374 e. The van der Waals surface area contributed by atoms with Crippen molar-refractivity contribution in [3.05, 3.63) is 0 Å². The Hall–Kier alpha value is -0.0800. The standard InChI is InChI=1S/C13H25NO/c1-2-15-13(8-4-3-5-9-13)12-14-10-6-7-11-14/h2-12H2,1H3. The number of ether oxygens (including phenoxy) is 1. The van der Waals surface area contributed by atoms with Gasteiger partial charge in [0.05, 0.1) is 5.60 Å². The fourth-order valence-electron chi connectivity index (χ4n) is 3.20. The van der Waals surface area contributed by atoms with Gasteiger partial charge in [-0.2, -0.15) is 0 Å². The highest BCUT2D eigenvalue weighted by atomic mass is 16.5. The Bertz CT molecular complexity index is 175. The van der Waals surface area contributed by atoms with E-state index in [-0.39, 0.29) is 5.60 Å². The minimum atomic E-state index is 0.220. The van der Waals surface area contributed by atoms with Gasteiger partial charge in [-0.3, -0.25) is 0 Å². The number of likely N-dealkylation sites (tertiary alicyclic amines) is 1. The van der Waals surface area contributed by atoms with Crippen LogP contribution >= 0.6 is 0 Å². The predicted molar refractivity (Wildman–Crippen MR) is 63.1 cm³/mol. The first-order valence-electron chi connectivity index (χ1n) is 6.71. The Labute approximate surface area is 94.0 Å². The summed E-state index contributed by atoms with van der Waals surface area (Å²) < 4.78 is 6.09. The maximum Gasteiger partial charge on any atom is 0.0808 e. The van der Waals surface area contributed by atoms with Crippen LogP contribution in [0.5, 0.6) is 0 Å². The minimum absolute atomic E-state index is 0.220. The van der Waals surface area contributed by atoms with Crippen LogP contribution in [0.3, 0.4) is 0 Å². The van der Waals surface area contributed by atoms with Gasteiger partial charge in [0.25, 0.3) is 0 Å². The lowest BCUT2D eigenvalue weighted by molar-refractivity contribution is -0.0808. The van der Waals surface area contributed by atoms with E-state index in [1.54, 1.807) is 0 Å². The zero-order chi connectivity index (χ0) is 10.6. The normalized spacial score (nSPS) is 27.0. The van der Waals surface area contributed by atoms with E-state index >= 15 is 0 Å². The molecule has 0 radical (unpaired) electrons. The third kappa shape index (κ3) is 2.94. The summed E-state index contributed by atoms with van der Waals surface area (Å²) in [6.45, 7) is 6.82. The van der Waals surface area contributed by atoms with Crippen molar-refractivity contribution in [2.75, 3.05) is 26.2 Å². The predicted octanol–water partition coefficient (Wildman–Crippen LogP) is 2.82. The zero-order valence-electron chi connectivity index (χ0n) is 10.1. The van der Waals surface area contributed by atoms with Crippen LogP contribution in [-0.4, -0.2) is 36.7 Å². The number of hydrogen-bond acceptors (Lipinski definition) is 2. The fraction of sp³-hybridized carbons (Fsp3) is 1.00. The molecule has 0 unspecified atom stereocenters. The van der Waals surface area contributed by atoms with Gasteiger partial charge in [-0.25, -0.2) is 0 Å². The van der Waals surface area contributed by atoms with Gasteiger partial charge in [0.2, 0.25) is 0 Å². The molecule has 1 heterocycles. The molecule has 0 aromatic heterocycles. The Morgan fingerprint density at radius 2 is 1.67 bits per heavy atom. The molecule has 2 fully saturated rings. The van der Waals surface area contributed by atoms with Gasteiger partial charge in [0, 0.05) is 13.2 Å². The Morgan fingerprint density at radius 1 is 1.00 bits per heavy atom. The van der Waals surface area contributed by atoms with Gasteiger partial charge >= 0.3 is 0 Å². The average Bonchev–Trinajstić information content (AvgIpc) is 2.72. The molecule has 1 saturated carbocycles. The summed E-state index contributed by atoms with van der Waals surface area (Å²) in [5, 5.41) is 0. The summed E-state index contributed by atoms with van der Waals surface area (Å²) in [5.41, 5.74) is 0.220. The Balaban J connectivity index is 1.90. The van der Waals surface area contributed by atoms with E-state index in [1.165, 1.54) is 64.6 Å². The van der Waals surface area contributed by atoms with E-state index in [0.29, 0.717) is 0 Å². The molecule has 2 nitrogen and oxygen atoms in total. The van der Waals surface area contributed by atoms with Gasteiger partial charge in [-0.1, -0.05) is 19.3 Å². The maximum absolute atomic E-state index is 6.09. The monoisotopic (exact) mass is 211 g/mol. The second-order valence-electron chi connectivity index (χ2n) is 5.16. The summed E-state index contributed by atoms with van der Waals surface area (Å²) in [6.07, 6.45) is 9.51. The smallest absolute Gasteiger partial charge is 0.0808 e. The van der Waals surface area contributed by atoms with Crippen molar-refractivity contribution in [1.29, 1.82) is 0 Å². The number of hydrogen-bond donors (Lipinski definition) is 0. The van der Waals surface area contributed by atoms with E-state index in [4.69, 9.17) is 4.74 Å². The summed E-state index contributed by atoms with van der Waals surface area (Å²) in [5.74, 6) is 0. The van der Waals surface area contributed by atoms with Crippen LogP contribution < -0.4 is 0 Å². The molecule has 0 bridgehead atoms. The van der Waals surface area contributed by atoms with Crippen LogP contribution in [0.4, 0.5) is 0 Å². The molecule has 0 N–H and O–H groups in total. The SMILES string of the molecule is CCOC1(CN2CCCC2)CCCCC1. The lowest BCUT2D eigenvalue weighted by Gasteiger charge is -2.39. The highest BCUT2D eigenvalue weighted by Gasteiger charge is 2.34. The van der Waals surface area contributed by atoms with Crippen molar-refractivity contribution < 1.29 is 4.74 Å². The van der Waals surface area contributed by atoms with E-state index in [2.05, 4.69) is 11.8 Å². The third-order valence-electron chi connectivity index (χ3n) is 3.93. The molecule has 2 rings (SSSR count). The first-order valence-corrected chi connectivity index (χ1v) is 6.71. The van der Waals surface area contributed by atoms with Gasteiger partial charge in [0.15, 0.2) is 0 Å². The number of nitrogens with zero attached hydrogens (tertiary/aromatic N) is 1. The van der Waals surface area contributed by atoms with Crippen LogP contribution in [0.1, 0.15) is 51.9 Å². The molecule has 1 aliphatic heterocycles. The summed E-state index contributed by atoms with van der Waals surface area (Å²) >= 11 is 0. The van der Waals surface area contributed by atoms with Crippen LogP contribution in [0.2, 0.25) is 0 Å². The molecule has 0 aromatic rings. The molecule has 2 heteroatoms. The Kier molecular flexibility index (Phi) is 4.04. The van der Waals surface area contributed by atoms with Crippen molar-refractivity contribution in [3.63, 3.8) is 0 Å². The lowest BCUT2D eigenvalue weighted by atomic mass is 9.84. The third-order valence-corrected chi connectivity index (χ3v) is 3.93. The van der Waals surface area contributed by atoms with Gasteiger partial charge in [-0.05, 0) is 45.7 Å². The zero-order valence-corrected chi connectivity index (χ0v) is 10.1. The van der Waals surface area contributed by atoms with Crippen LogP contribution in [-0.2, 0) is 4.74 Å². The van der Waals surface area contributed by atoms with Crippen LogP contribution in [0.25, 0.3) is 0 Å². The van der Waals surface area contributed by atoms with E-state index in [1.807, 2.05) is 0 Å². The molecule has 0 atom stereocenters. The lowest BCUT2D eigenvalue weighted by Crippen LogP contribution is -2.45. The fourth-order valence-corrected chi connectivity index (χ4v) is 3.20. The maximum atomic E-state index is 6.09. The molecule has 0 aromatic carbocycles. The van der Waals surface area contributed by atoms with Crippen LogP contribution in [0.15, 0.2) is 0 Å². The first-order chi connectivity index (χ1) is 7.35. The molecule has 1 aliphatic carbocycles. The summed E-state index contributed by atoms with van der Waals surface area (Å²) in [4.78, 5) is 2.61. The quantitative estimate of drug-likeness (QED) is 0.709. The highest BCUT2D eigenvalue weighted by molar-refractivity contribution is 4.88.